The molecule has 166 valence electrons. The van der Waals surface area contributed by atoms with E-state index in [0.717, 1.165) is 17.3 Å². The molecular formula is C25H22N4O3S. The summed E-state index contributed by atoms with van der Waals surface area (Å²) < 4.78 is 1.44. The van der Waals surface area contributed by atoms with Gasteiger partial charge in [-0.25, -0.2) is 14.5 Å². The van der Waals surface area contributed by atoms with Crippen molar-refractivity contribution < 1.29 is 9.59 Å². The predicted octanol–water partition coefficient (Wildman–Crippen LogP) is 4.41. The molecule has 1 amide bonds. The molecule has 0 fully saturated rings. The van der Waals surface area contributed by atoms with E-state index in [1.54, 1.807) is 61.7 Å². The first-order valence-electron chi connectivity index (χ1n) is 10.4. The van der Waals surface area contributed by atoms with Crippen LogP contribution in [0.4, 0.5) is 5.69 Å². The second-order valence-corrected chi connectivity index (χ2v) is 8.90. The summed E-state index contributed by atoms with van der Waals surface area (Å²) in [7, 11) is 0. The summed E-state index contributed by atoms with van der Waals surface area (Å²) in [5.74, 6) is -0.00286. The monoisotopic (exact) mass is 458 g/mol. The van der Waals surface area contributed by atoms with Crippen LogP contribution in [0.5, 0.6) is 0 Å². The van der Waals surface area contributed by atoms with Gasteiger partial charge in [0.25, 0.3) is 5.56 Å². The molecule has 0 saturated heterocycles. The van der Waals surface area contributed by atoms with Crippen molar-refractivity contribution in [3.8, 4) is 5.82 Å². The highest BCUT2D eigenvalue weighted by Crippen LogP contribution is 2.26. The van der Waals surface area contributed by atoms with Crippen molar-refractivity contribution in [3.63, 3.8) is 0 Å². The molecule has 1 N–H and O–H groups in total. The number of para-hydroxylation sites is 2. The van der Waals surface area contributed by atoms with Crippen molar-refractivity contribution in [2.45, 2.75) is 31.2 Å². The molecule has 2 aromatic carbocycles. The topological polar surface area (TPSA) is 94.0 Å². The van der Waals surface area contributed by atoms with Gasteiger partial charge in [-0.1, -0.05) is 36.0 Å². The lowest BCUT2D eigenvalue weighted by molar-refractivity contribution is -0.115. The average Bonchev–Trinajstić information content (AvgIpc) is 2.79. The van der Waals surface area contributed by atoms with E-state index >= 15 is 0 Å². The molecule has 0 spiro atoms. The maximum absolute atomic E-state index is 13.4. The van der Waals surface area contributed by atoms with Gasteiger partial charge in [0.2, 0.25) is 5.91 Å². The van der Waals surface area contributed by atoms with Gasteiger partial charge in [0.1, 0.15) is 5.82 Å². The number of carbonyl (C=O) groups is 2. The molecule has 1 atom stereocenters. The Morgan fingerprint density at radius 3 is 2.55 bits per heavy atom. The normalized spacial score (nSPS) is 11.8. The van der Waals surface area contributed by atoms with Crippen LogP contribution in [0, 0.1) is 6.92 Å². The quantitative estimate of drug-likeness (QED) is 0.261. The van der Waals surface area contributed by atoms with E-state index in [-0.39, 0.29) is 17.2 Å². The molecule has 0 radical (unpaired) electrons. The number of ketones is 1. The molecule has 2 aromatic heterocycles. The first kappa shape index (κ1) is 22.4. The third-order valence-electron chi connectivity index (χ3n) is 5.09. The zero-order valence-corrected chi connectivity index (χ0v) is 19.2. The molecule has 8 heteroatoms. The second kappa shape index (κ2) is 9.38. The van der Waals surface area contributed by atoms with Crippen LogP contribution in [0.3, 0.4) is 0 Å². The van der Waals surface area contributed by atoms with Crippen molar-refractivity contribution in [2.75, 3.05) is 5.32 Å². The number of nitrogens with zero attached hydrogens (tertiary/aromatic N) is 3. The highest BCUT2D eigenvalue weighted by molar-refractivity contribution is 8.00. The molecule has 7 nitrogen and oxygen atoms in total. The summed E-state index contributed by atoms with van der Waals surface area (Å²) in [5, 5.41) is 3.05. The highest BCUT2D eigenvalue weighted by Gasteiger charge is 2.22. The number of amides is 1. The third-order valence-corrected chi connectivity index (χ3v) is 6.14. The van der Waals surface area contributed by atoms with Crippen LogP contribution in [0.2, 0.25) is 0 Å². The minimum Gasteiger partial charge on any atom is -0.324 e. The Hall–Kier alpha value is -3.78. The van der Waals surface area contributed by atoms with E-state index in [2.05, 4.69) is 15.3 Å². The number of hydrogen-bond acceptors (Lipinski definition) is 6. The van der Waals surface area contributed by atoms with E-state index < -0.39 is 5.25 Å². The minimum absolute atomic E-state index is 0.137. The Bertz CT molecular complexity index is 1430. The molecule has 0 aliphatic heterocycles. The van der Waals surface area contributed by atoms with E-state index in [1.165, 1.54) is 11.5 Å². The maximum Gasteiger partial charge on any atom is 0.267 e. The van der Waals surface area contributed by atoms with Gasteiger partial charge in [0, 0.05) is 11.8 Å². The average molecular weight is 459 g/mol. The molecule has 2 heterocycles. The van der Waals surface area contributed by atoms with Gasteiger partial charge >= 0.3 is 0 Å². The van der Waals surface area contributed by atoms with Crippen molar-refractivity contribution in [3.05, 3.63) is 88.3 Å². The lowest BCUT2D eigenvalue weighted by Gasteiger charge is -2.17. The fourth-order valence-corrected chi connectivity index (χ4v) is 4.30. The zero-order chi connectivity index (χ0) is 23.5. The summed E-state index contributed by atoms with van der Waals surface area (Å²) in [6.07, 6.45) is 1.63. The molecule has 0 bridgehead atoms. The molecule has 4 aromatic rings. The SMILES string of the molecule is CC(=O)c1ccccc1NC(=O)C(C)Sc1nc2ccccc2c(=O)n1-c1cc(C)ccn1. The molecule has 0 aliphatic rings. The van der Waals surface area contributed by atoms with Crippen molar-refractivity contribution in [2.24, 2.45) is 0 Å². The third kappa shape index (κ3) is 4.70. The van der Waals surface area contributed by atoms with Crippen LogP contribution in [0.15, 0.2) is 76.8 Å². The molecule has 0 saturated carbocycles. The Labute approximate surface area is 194 Å². The summed E-state index contributed by atoms with van der Waals surface area (Å²) >= 11 is 1.16. The Morgan fingerprint density at radius 2 is 1.79 bits per heavy atom. The number of pyridine rings is 1. The predicted molar refractivity (Wildman–Crippen MR) is 130 cm³/mol. The lowest BCUT2D eigenvalue weighted by Crippen LogP contribution is -2.27. The number of rotatable bonds is 6. The summed E-state index contributed by atoms with van der Waals surface area (Å²) in [6.45, 7) is 5.10. The smallest absolute Gasteiger partial charge is 0.267 e. The number of nitrogens with one attached hydrogen (secondary N) is 1. The second-order valence-electron chi connectivity index (χ2n) is 7.59. The van der Waals surface area contributed by atoms with Gasteiger partial charge in [-0.3, -0.25) is 14.4 Å². The van der Waals surface area contributed by atoms with Crippen LogP contribution in [0.1, 0.15) is 29.8 Å². The van der Waals surface area contributed by atoms with Crippen LogP contribution >= 0.6 is 11.8 Å². The Morgan fingerprint density at radius 1 is 1.06 bits per heavy atom. The van der Waals surface area contributed by atoms with E-state index in [0.29, 0.717) is 33.1 Å². The minimum atomic E-state index is -0.603. The number of Topliss-reactive ketones (excluding diaryl/α,β-unsaturated/α-hetero) is 1. The highest BCUT2D eigenvalue weighted by atomic mass is 32.2. The molecule has 0 aliphatic carbocycles. The van der Waals surface area contributed by atoms with Gasteiger partial charge in [0.05, 0.1) is 21.8 Å². The van der Waals surface area contributed by atoms with Gasteiger partial charge in [-0.05, 0) is 62.7 Å². The van der Waals surface area contributed by atoms with E-state index in [1.807, 2.05) is 19.1 Å². The number of aromatic nitrogens is 3. The van der Waals surface area contributed by atoms with Gasteiger partial charge in [-0.15, -0.1) is 0 Å². The fraction of sp³-hybridized carbons (Fsp3) is 0.160. The van der Waals surface area contributed by atoms with Gasteiger partial charge < -0.3 is 5.32 Å². The van der Waals surface area contributed by atoms with Crippen LogP contribution in [-0.2, 0) is 4.79 Å². The molecular weight excluding hydrogens is 436 g/mol. The molecule has 4 rings (SSSR count). The number of carbonyl (C=O) groups excluding carboxylic acids is 2. The zero-order valence-electron chi connectivity index (χ0n) is 18.4. The number of thioether (sulfide) groups is 1. The molecule has 33 heavy (non-hydrogen) atoms. The number of fused-ring (bicyclic) bond motifs is 1. The summed E-state index contributed by atoms with van der Waals surface area (Å²) in [6, 6.07) is 17.6. The Kier molecular flexibility index (Phi) is 6.37. The molecule has 1 unspecified atom stereocenters. The fourth-order valence-electron chi connectivity index (χ4n) is 3.38. The van der Waals surface area contributed by atoms with Crippen LogP contribution in [-0.4, -0.2) is 31.5 Å². The standard InChI is InChI=1S/C25H22N4O3S/c1-15-12-13-26-22(14-15)29-24(32)19-9-5-7-11-21(19)28-25(29)33-17(3)23(31)27-20-10-6-4-8-18(20)16(2)30/h4-14,17H,1-3H3,(H,27,31). The van der Waals surface area contributed by atoms with Crippen LogP contribution < -0.4 is 10.9 Å². The number of aryl methyl sites for hydroxylation is 1. The van der Waals surface area contributed by atoms with Crippen molar-refractivity contribution >= 4 is 40.0 Å². The first-order valence-corrected chi connectivity index (χ1v) is 11.3. The van der Waals surface area contributed by atoms with Gasteiger partial charge in [-0.2, -0.15) is 0 Å². The van der Waals surface area contributed by atoms with Crippen LogP contribution in [0.25, 0.3) is 16.7 Å². The van der Waals surface area contributed by atoms with Crippen molar-refractivity contribution in [1.82, 2.24) is 14.5 Å². The van der Waals surface area contributed by atoms with E-state index in [9.17, 15) is 14.4 Å². The van der Waals surface area contributed by atoms with Gasteiger partial charge in [0.15, 0.2) is 10.9 Å². The summed E-state index contributed by atoms with van der Waals surface area (Å²) in [5.41, 5.74) is 2.13. The number of hydrogen-bond donors (Lipinski definition) is 1. The summed E-state index contributed by atoms with van der Waals surface area (Å²) in [4.78, 5) is 47.2. The van der Waals surface area contributed by atoms with Crippen molar-refractivity contribution in [1.29, 1.82) is 0 Å². The number of benzene rings is 2. The lowest BCUT2D eigenvalue weighted by atomic mass is 10.1. The van der Waals surface area contributed by atoms with E-state index in [4.69, 9.17) is 0 Å². The number of anilines is 1. The largest absolute Gasteiger partial charge is 0.324 e. The Balaban J connectivity index is 1.72. The first-order chi connectivity index (χ1) is 15.8. The maximum atomic E-state index is 13.4.